The molecule has 19 heavy (non-hydrogen) atoms. The maximum atomic E-state index is 3.60. The van der Waals surface area contributed by atoms with E-state index >= 15 is 0 Å². The summed E-state index contributed by atoms with van der Waals surface area (Å²) < 4.78 is 0. The average Bonchev–Trinajstić information content (AvgIpc) is 2.37. The van der Waals surface area contributed by atoms with E-state index in [4.69, 9.17) is 0 Å². The molecule has 1 unspecified atom stereocenters. The van der Waals surface area contributed by atoms with Crippen molar-refractivity contribution in [3.8, 4) is 0 Å². The highest BCUT2D eigenvalue weighted by Crippen LogP contribution is 2.16. The lowest BCUT2D eigenvalue weighted by Crippen LogP contribution is -2.56. The fourth-order valence-electron chi connectivity index (χ4n) is 2.77. The number of rotatable bonds is 7. The Hall–Kier alpha value is -0.120. The zero-order chi connectivity index (χ0) is 14.3. The molecular weight excluding hydrogens is 234 g/mol. The molecule has 0 saturated carbocycles. The van der Waals surface area contributed by atoms with Crippen molar-refractivity contribution in [1.29, 1.82) is 0 Å². The van der Waals surface area contributed by atoms with Gasteiger partial charge in [0, 0.05) is 44.3 Å². The Morgan fingerprint density at radius 1 is 1.05 bits per heavy atom. The van der Waals surface area contributed by atoms with Crippen LogP contribution < -0.4 is 5.32 Å². The van der Waals surface area contributed by atoms with Crippen molar-refractivity contribution >= 4 is 0 Å². The topological polar surface area (TPSA) is 18.5 Å². The minimum Gasteiger partial charge on any atom is -0.315 e. The van der Waals surface area contributed by atoms with Gasteiger partial charge in [-0.05, 0) is 40.7 Å². The second kappa shape index (κ2) is 8.23. The highest BCUT2D eigenvalue weighted by Gasteiger charge is 2.27. The largest absolute Gasteiger partial charge is 0.315 e. The average molecular weight is 269 g/mol. The molecule has 0 radical (unpaired) electrons. The summed E-state index contributed by atoms with van der Waals surface area (Å²) >= 11 is 0. The summed E-state index contributed by atoms with van der Waals surface area (Å²) in [7, 11) is 0. The second-order valence-electron chi connectivity index (χ2n) is 6.95. The first kappa shape index (κ1) is 16.9. The molecule has 0 aliphatic carbocycles. The van der Waals surface area contributed by atoms with Crippen molar-refractivity contribution in [2.75, 3.05) is 39.3 Å². The molecule has 3 heteroatoms. The standard InChI is InChI=1S/C16H35N3/c1-6-7-8-9-17-14-15(2)18-10-12-19(13-11-18)16(3,4)5/h15,17H,6-14H2,1-5H3. The van der Waals surface area contributed by atoms with Crippen molar-refractivity contribution in [2.45, 2.75) is 65.5 Å². The molecule has 0 spiro atoms. The first-order chi connectivity index (χ1) is 8.95. The lowest BCUT2D eigenvalue weighted by molar-refractivity contribution is 0.0456. The quantitative estimate of drug-likeness (QED) is 0.717. The molecule has 0 aromatic rings. The SMILES string of the molecule is CCCCCNCC(C)N1CCN(C(C)(C)C)CC1. The molecule has 1 saturated heterocycles. The molecule has 1 fully saturated rings. The van der Waals surface area contributed by atoms with E-state index in [0.717, 1.165) is 6.54 Å². The Labute approximate surface area is 120 Å². The van der Waals surface area contributed by atoms with Crippen LogP contribution in [-0.4, -0.2) is 60.6 Å². The highest BCUT2D eigenvalue weighted by molar-refractivity contribution is 4.84. The van der Waals surface area contributed by atoms with Crippen molar-refractivity contribution in [3.05, 3.63) is 0 Å². The van der Waals surface area contributed by atoms with Gasteiger partial charge < -0.3 is 5.32 Å². The highest BCUT2D eigenvalue weighted by atomic mass is 15.3. The molecule has 1 N–H and O–H groups in total. The van der Waals surface area contributed by atoms with Gasteiger partial charge in [-0.15, -0.1) is 0 Å². The molecule has 3 nitrogen and oxygen atoms in total. The number of nitrogens with zero attached hydrogens (tertiary/aromatic N) is 2. The van der Waals surface area contributed by atoms with Gasteiger partial charge in [-0.2, -0.15) is 0 Å². The third-order valence-electron chi connectivity index (χ3n) is 4.28. The third-order valence-corrected chi connectivity index (χ3v) is 4.28. The van der Waals surface area contributed by atoms with Crippen LogP contribution in [0.15, 0.2) is 0 Å². The summed E-state index contributed by atoms with van der Waals surface area (Å²) in [4.78, 5) is 5.24. The van der Waals surface area contributed by atoms with Gasteiger partial charge in [-0.3, -0.25) is 9.80 Å². The van der Waals surface area contributed by atoms with Gasteiger partial charge in [0.25, 0.3) is 0 Å². The number of hydrogen-bond donors (Lipinski definition) is 1. The Balaban J connectivity index is 2.16. The summed E-state index contributed by atoms with van der Waals surface area (Å²) in [5.41, 5.74) is 0.327. The smallest absolute Gasteiger partial charge is 0.0193 e. The van der Waals surface area contributed by atoms with Crippen LogP contribution in [0, 0.1) is 0 Å². The van der Waals surface area contributed by atoms with E-state index in [0.29, 0.717) is 11.6 Å². The Kier molecular flexibility index (Phi) is 7.33. The molecule has 0 bridgehead atoms. The summed E-state index contributed by atoms with van der Waals surface area (Å²) in [6.07, 6.45) is 3.98. The van der Waals surface area contributed by atoms with Gasteiger partial charge in [0.15, 0.2) is 0 Å². The number of hydrogen-bond acceptors (Lipinski definition) is 3. The maximum Gasteiger partial charge on any atom is 0.0193 e. The van der Waals surface area contributed by atoms with E-state index < -0.39 is 0 Å². The second-order valence-corrected chi connectivity index (χ2v) is 6.95. The van der Waals surface area contributed by atoms with Gasteiger partial charge in [0.2, 0.25) is 0 Å². The minimum atomic E-state index is 0.327. The zero-order valence-electron chi connectivity index (χ0n) is 13.8. The number of unbranched alkanes of at least 4 members (excludes halogenated alkanes) is 2. The van der Waals surface area contributed by atoms with E-state index in [9.17, 15) is 0 Å². The van der Waals surface area contributed by atoms with Crippen LogP contribution in [0.5, 0.6) is 0 Å². The number of piperazine rings is 1. The number of nitrogens with one attached hydrogen (secondary N) is 1. The molecule has 0 aromatic carbocycles. The fraction of sp³-hybridized carbons (Fsp3) is 1.00. The molecule has 1 rings (SSSR count). The summed E-state index contributed by atoms with van der Waals surface area (Å²) in [5.74, 6) is 0. The van der Waals surface area contributed by atoms with Crippen molar-refractivity contribution in [2.24, 2.45) is 0 Å². The summed E-state index contributed by atoms with van der Waals surface area (Å²) in [6, 6.07) is 0.670. The monoisotopic (exact) mass is 269 g/mol. The lowest BCUT2D eigenvalue weighted by Gasteiger charge is -2.44. The van der Waals surface area contributed by atoms with Crippen LogP contribution in [0.4, 0.5) is 0 Å². The molecule has 1 aliphatic rings. The normalized spacial score (nSPS) is 20.7. The Bertz CT molecular complexity index is 227. The van der Waals surface area contributed by atoms with Crippen molar-refractivity contribution < 1.29 is 0 Å². The minimum absolute atomic E-state index is 0.327. The van der Waals surface area contributed by atoms with Gasteiger partial charge in [-0.25, -0.2) is 0 Å². The van der Waals surface area contributed by atoms with Crippen molar-refractivity contribution in [1.82, 2.24) is 15.1 Å². The molecule has 1 heterocycles. The predicted octanol–water partition coefficient (Wildman–Crippen LogP) is 2.57. The molecule has 0 aromatic heterocycles. The van der Waals surface area contributed by atoms with Gasteiger partial charge in [0.05, 0.1) is 0 Å². The first-order valence-electron chi connectivity index (χ1n) is 8.15. The van der Waals surface area contributed by atoms with E-state index in [-0.39, 0.29) is 0 Å². The van der Waals surface area contributed by atoms with Crippen LogP contribution in [0.3, 0.4) is 0 Å². The lowest BCUT2D eigenvalue weighted by atomic mass is 10.0. The maximum absolute atomic E-state index is 3.60. The third kappa shape index (κ3) is 6.24. The molecule has 0 amide bonds. The van der Waals surface area contributed by atoms with Gasteiger partial charge in [-0.1, -0.05) is 19.8 Å². The van der Waals surface area contributed by atoms with E-state index in [2.05, 4.69) is 49.7 Å². The van der Waals surface area contributed by atoms with E-state index in [1.54, 1.807) is 0 Å². The predicted molar refractivity (Wildman–Crippen MR) is 84.8 cm³/mol. The Morgan fingerprint density at radius 2 is 1.68 bits per heavy atom. The molecule has 1 aliphatic heterocycles. The van der Waals surface area contributed by atoms with E-state index in [1.165, 1.54) is 52.0 Å². The van der Waals surface area contributed by atoms with Crippen LogP contribution >= 0.6 is 0 Å². The summed E-state index contributed by atoms with van der Waals surface area (Å²) in [6.45, 7) is 18.8. The van der Waals surface area contributed by atoms with Crippen LogP contribution in [0.25, 0.3) is 0 Å². The first-order valence-corrected chi connectivity index (χ1v) is 8.15. The molecule has 1 atom stereocenters. The van der Waals surface area contributed by atoms with Crippen LogP contribution in [0.2, 0.25) is 0 Å². The van der Waals surface area contributed by atoms with Crippen molar-refractivity contribution in [3.63, 3.8) is 0 Å². The molecule has 114 valence electrons. The van der Waals surface area contributed by atoms with E-state index in [1.807, 2.05) is 0 Å². The Morgan fingerprint density at radius 3 is 2.21 bits per heavy atom. The van der Waals surface area contributed by atoms with Gasteiger partial charge >= 0.3 is 0 Å². The van der Waals surface area contributed by atoms with Crippen LogP contribution in [-0.2, 0) is 0 Å². The van der Waals surface area contributed by atoms with Crippen LogP contribution in [0.1, 0.15) is 53.9 Å². The summed E-state index contributed by atoms with van der Waals surface area (Å²) in [5, 5.41) is 3.60. The zero-order valence-corrected chi connectivity index (χ0v) is 13.8. The fourth-order valence-corrected chi connectivity index (χ4v) is 2.77. The van der Waals surface area contributed by atoms with Gasteiger partial charge in [0.1, 0.15) is 0 Å². The molecular formula is C16H35N3.